The molecule has 0 fully saturated rings. The monoisotopic (exact) mass is 534 g/mol. The predicted molar refractivity (Wildman–Crippen MR) is 130 cm³/mol. The maximum absolute atomic E-state index is 15.0. The number of hydrogen-bond acceptors (Lipinski definition) is 6. The molecular weight excluding hydrogens is 520 g/mol. The molecule has 0 bridgehead atoms. The zero-order valence-corrected chi connectivity index (χ0v) is 20.2. The average Bonchev–Trinajstić information content (AvgIpc) is 3.25. The van der Waals surface area contributed by atoms with Crippen LogP contribution in [0.2, 0.25) is 5.02 Å². The van der Waals surface area contributed by atoms with Crippen LogP contribution in [0.5, 0.6) is 23.0 Å². The van der Waals surface area contributed by atoms with Crippen molar-refractivity contribution in [3.8, 4) is 33.6 Å². The molecule has 0 saturated carbocycles. The highest BCUT2D eigenvalue weighted by molar-refractivity contribution is 7.21. The summed E-state index contributed by atoms with van der Waals surface area (Å²) in [7, 11) is 2.98. The van der Waals surface area contributed by atoms with Crippen molar-refractivity contribution in [2.24, 2.45) is 0 Å². The minimum absolute atomic E-state index is 0.0579. The lowest BCUT2D eigenvalue weighted by Gasteiger charge is -2.12. The number of aromatic nitrogens is 2. The maximum Gasteiger partial charge on any atom is 0.417 e. The molecule has 184 valence electrons. The van der Waals surface area contributed by atoms with Crippen molar-refractivity contribution in [1.82, 2.24) is 9.97 Å². The van der Waals surface area contributed by atoms with E-state index >= 15 is 0 Å². The van der Waals surface area contributed by atoms with E-state index in [1.54, 1.807) is 18.2 Å². The first-order chi connectivity index (χ1) is 17.2. The average molecular weight is 535 g/mol. The van der Waals surface area contributed by atoms with Gasteiger partial charge in [-0.3, -0.25) is 4.98 Å². The Labute approximate surface area is 210 Å². The minimum atomic E-state index is -4.61. The van der Waals surface area contributed by atoms with Gasteiger partial charge in [0.05, 0.1) is 35.5 Å². The van der Waals surface area contributed by atoms with Crippen LogP contribution in [-0.2, 0) is 6.18 Å². The van der Waals surface area contributed by atoms with Gasteiger partial charge in [0.25, 0.3) is 0 Å². The fraction of sp³-hybridized carbons (Fsp3) is 0.120. The number of fused-ring (bicyclic) bond motifs is 2. The molecule has 2 aromatic heterocycles. The van der Waals surface area contributed by atoms with Crippen LogP contribution in [0.4, 0.5) is 17.6 Å². The van der Waals surface area contributed by atoms with Crippen molar-refractivity contribution in [3.63, 3.8) is 0 Å². The van der Waals surface area contributed by atoms with Crippen molar-refractivity contribution in [2.75, 3.05) is 14.2 Å². The molecule has 2 heterocycles. The lowest BCUT2D eigenvalue weighted by molar-refractivity contribution is -0.137. The van der Waals surface area contributed by atoms with Gasteiger partial charge in [-0.15, -0.1) is 11.3 Å². The summed E-state index contributed by atoms with van der Waals surface area (Å²) < 4.78 is 72.6. The second-order valence-corrected chi connectivity index (χ2v) is 9.06. The summed E-state index contributed by atoms with van der Waals surface area (Å²) in [5, 5.41) is 0.736. The summed E-state index contributed by atoms with van der Waals surface area (Å²) >= 11 is 6.92. The predicted octanol–water partition coefficient (Wildman–Crippen LogP) is 8.13. The molecule has 5 rings (SSSR count). The number of hydrogen-bond donors (Lipinski definition) is 0. The molecule has 36 heavy (non-hydrogen) atoms. The Hall–Kier alpha value is -3.63. The molecule has 0 unspecified atom stereocenters. The lowest BCUT2D eigenvalue weighted by atomic mass is 10.1. The molecule has 0 amide bonds. The van der Waals surface area contributed by atoms with Gasteiger partial charge in [0.1, 0.15) is 10.8 Å². The van der Waals surface area contributed by atoms with Gasteiger partial charge in [-0.2, -0.15) is 13.2 Å². The summed E-state index contributed by atoms with van der Waals surface area (Å²) in [5.74, 6) is 0.360. The van der Waals surface area contributed by atoms with Crippen LogP contribution in [0, 0.1) is 5.82 Å². The van der Waals surface area contributed by atoms with Gasteiger partial charge in [0.2, 0.25) is 0 Å². The SMILES string of the molecule is COc1cc2nccc(Oc3cc4sc(-c5cc(Cl)ccc5C(F)(F)F)nc4cc3F)c2cc1OC. The standard InChI is InChI=1S/C25H15ClF4N2O3S/c1-33-21-8-14-17(10-22(21)34-2)31-6-5-19(14)35-20-11-23-18(9-16(20)27)32-24(36-23)13-7-12(26)3-4-15(13)25(28,29)30/h3-11H,1-2H3. The summed E-state index contributed by atoms with van der Waals surface area (Å²) in [5.41, 5.74) is -0.331. The van der Waals surface area contributed by atoms with Crippen molar-refractivity contribution < 1.29 is 31.8 Å². The van der Waals surface area contributed by atoms with E-state index in [1.165, 1.54) is 32.5 Å². The number of nitrogens with zero attached hydrogens (tertiary/aromatic N) is 2. The minimum Gasteiger partial charge on any atom is -0.493 e. The molecule has 5 aromatic rings. The third kappa shape index (κ3) is 4.38. The molecule has 0 aliphatic carbocycles. The van der Waals surface area contributed by atoms with E-state index in [2.05, 4.69) is 9.97 Å². The van der Waals surface area contributed by atoms with Crippen LogP contribution in [0.15, 0.2) is 54.7 Å². The number of rotatable bonds is 5. The zero-order chi connectivity index (χ0) is 25.6. The number of alkyl halides is 3. The van der Waals surface area contributed by atoms with Gasteiger partial charge in [-0.05, 0) is 30.3 Å². The van der Waals surface area contributed by atoms with Crippen LogP contribution >= 0.6 is 22.9 Å². The van der Waals surface area contributed by atoms with Crippen LogP contribution in [0.1, 0.15) is 5.56 Å². The Bertz CT molecular complexity index is 1620. The molecule has 0 atom stereocenters. The third-order valence-electron chi connectivity index (χ3n) is 5.39. The number of methoxy groups -OCH3 is 2. The van der Waals surface area contributed by atoms with Crippen LogP contribution < -0.4 is 14.2 Å². The fourth-order valence-corrected chi connectivity index (χ4v) is 4.90. The van der Waals surface area contributed by atoms with Crippen LogP contribution in [0.25, 0.3) is 31.7 Å². The Kier molecular flexibility index (Phi) is 6.09. The topological polar surface area (TPSA) is 53.5 Å². The first-order valence-corrected chi connectivity index (χ1v) is 11.5. The van der Waals surface area contributed by atoms with E-state index in [4.69, 9.17) is 25.8 Å². The summed E-state index contributed by atoms with van der Waals surface area (Å²) in [6.07, 6.45) is -3.11. The van der Waals surface area contributed by atoms with Gasteiger partial charge in [-0.25, -0.2) is 9.37 Å². The van der Waals surface area contributed by atoms with Crippen LogP contribution in [0.3, 0.4) is 0 Å². The van der Waals surface area contributed by atoms with E-state index in [-0.39, 0.29) is 26.9 Å². The Morgan fingerprint density at radius 1 is 0.861 bits per heavy atom. The highest BCUT2D eigenvalue weighted by Crippen LogP contribution is 2.43. The molecule has 0 radical (unpaired) electrons. The molecule has 5 nitrogen and oxygen atoms in total. The highest BCUT2D eigenvalue weighted by atomic mass is 35.5. The Balaban J connectivity index is 1.58. The number of benzene rings is 3. The first kappa shape index (κ1) is 24.1. The third-order valence-corrected chi connectivity index (χ3v) is 6.67. The fourth-order valence-electron chi connectivity index (χ4n) is 3.72. The van der Waals surface area contributed by atoms with E-state index in [0.29, 0.717) is 32.9 Å². The van der Waals surface area contributed by atoms with Gasteiger partial charge >= 0.3 is 6.18 Å². The van der Waals surface area contributed by atoms with Crippen molar-refractivity contribution in [2.45, 2.75) is 6.18 Å². The summed E-state index contributed by atoms with van der Waals surface area (Å²) in [6, 6.07) is 10.7. The molecule has 0 aliphatic rings. The van der Waals surface area contributed by atoms with Gasteiger partial charge in [0.15, 0.2) is 23.1 Å². The van der Waals surface area contributed by atoms with Crippen molar-refractivity contribution >= 4 is 44.1 Å². The first-order valence-electron chi connectivity index (χ1n) is 10.3. The van der Waals surface area contributed by atoms with E-state index in [0.717, 1.165) is 29.5 Å². The number of ether oxygens (including phenoxy) is 3. The molecule has 11 heteroatoms. The highest BCUT2D eigenvalue weighted by Gasteiger charge is 2.34. The number of pyridine rings is 1. The van der Waals surface area contributed by atoms with Crippen LogP contribution in [-0.4, -0.2) is 24.2 Å². The largest absolute Gasteiger partial charge is 0.493 e. The summed E-state index contributed by atoms with van der Waals surface area (Å²) in [6.45, 7) is 0. The van der Waals surface area contributed by atoms with E-state index in [9.17, 15) is 17.6 Å². The Morgan fingerprint density at radius 3 is 2.33 bits per heavy atom. The molecule has 3 aromatic carbocycles. The second-order valence-electron chi connectivity index (χ2n) is 7.59. The molecule has 0 saturated heterocycles. The van der Waals surface area contributed by atoms with Gasteiger partial charge in [0, 0.05) is 40.4 Å². The van der Waals surface area contributed by atoms with Gasteiger partial charge < -0.3 is 14.2 Å². The number of thiazole rings is 1. The summed E-state index contributed by atoms with van der Waals surface area (Å²) in [4.78, 5) is 8.51. The second kappa shape index (κ2) is 9.11. The quantitative estimate of drug-likeness (QED) is 0.213. The maximum atomic E-state index is 15.0. The number of halogens is 5. The molecular formula is C25H15ClF4N2O3S. The lowest BCUT2D eigenvalue weighted by Crippen LogP contribution is -2.06. The zero-order valence-electron chi connectivity index (χ0n) is 18.6. The molecule has 0 spiro atoms. The smallest absolute Gasteiger partial charge is 0.417 e. The van der Waals surface area contributed by atoms with Crippen molar-refractivity contribution in [3.05, 3.63) is 71.1 Å². The van der Waals surface area contributed by atoms with E-state index in [1.807, 2.05) is 0 Å². The van der Waals surface area contributed by atoms with Crippen molar-refractivity contribution in [1.29, 1.82) is 0 Å². The molecule has 0 aliphatic heterocycles. The van der Waals surface area contributed by atoms with Gasteiger partial charge in [-0.1, -0.05) is 11.6 Å². The molecule has 0 N–H and O–H groups in total. The van der Waals surface area contributed by atoms with E-state index < -0.39 is 17.6 Å². The normalized spacial score (nSPS) is 11.8. The Morgan fingerprint density at radius 2 is 1.61 bits per heavy atom.